The number of benzene rings is 1. The fraction of sp³-hybridized carbons (Fsp3) is 0.562. The lowest BCUT2D eigenvalue weighted by atomic mass is 9.84. The van der Waals surface area contributed by atoms with Gasteiger partial charge in [-0.2, -0.15) is 0 Å². The molecule has 4 nitrogen and oxygen atoms in total. The van der Waals surface area contributed by atoms with Crippen molar-refractivity contribution in [2.45, 2.75) is 45.1 Å². The minimum absolute atomic E-state index is 0.0753. The lowest BCUT2D eigenvalue weighted by molar-refractivity contribution is 0.0919. The number of hydrogen-bond acceptors (Lipinski definition) is 3. The van der Waals surface area contributed by atoms with Crippen LogP contribution in [0.15, 0.2) is 18.2 Å². The van der Waals surface area contributed by atoms with Crippen molar-refractivity contribution in [2.24, 2.45) is 5.92 Å². The second-order valence-corrected chi connectivity index (χ2v) is 5.66. The SMILES string of the molecule is COc1cc(N)cc(C(=O)NC(C)C2CCCCC2)c1. The van der Waals surface area contributed by atoms with Crippen molar-refractivity contribution in [3.05, 3.63) is 23.8 Å². The zero-order valence-electron chi connectivity index (χ0n) is 12.3. The van der Waals surface area contributed by atoms with Crippen molar-refractivity contribution in [2.75, 3.05) is 12.8 Å². The molecular weight excluding hydrogens is 252 g/mol. The molecule has 3 N–H and O–H groups in total. The molecule has 1 saturated carbocycles. The van der Waals surface area contributed by atoms with Gasteiger partial charge in [0.05, 0.1) is 7.11 Å². The monoisotopic (exact) mass is 276 g/mol. The first-order valence-electron chi connectivity index (χ1n) is 7.35. The van der Waals surface area contributed by atoms with E-state index in [2.05, 4.69) is 12.2 Å². The molecule has 20 heavy (non-hydrogen) atoms. The molecule has 1 aromatic rings. The molecule has 0 aliphatic heterocycles. The van der Waals surface area contributed by atoms with Crippen LogP contribution in [0.3, 0.4) is 0 Å². The van der Waals surface area contributed by atoms with Crippen LogP contribution < -0.4 is 15.8 Å². The van der Waals surface area contributed by atoms with E-state index in [0.29, 0.717) is 22.9 Å². The number of nitrogens with two attached hydrogens (primary N) is 1. The standard InChI is InChI=1S/C16H24N2O2/c1-11(12-6-4-3-5-7-12)18-16(19)13-8-14(17)10-15(9-13)20-2/h8-12H,3-7,17H2,1-2H3,(H,18,19). The second-order valence-electron chi connectivity index (χ2n) is 5.66. The third-order valence-electron chi connectivity index (χ3n) is 4.14. The van der Waals surface area contributed by atoms with E-state index in [1.807, 2.05) is 0 Å². The Labute approximate surface area is 120 Å². The summed E-state index contributed by atoms with van der Waals surface area (Å²) >= 11 is 0. The number of nitrogen functional groups attached to an aromatic ring is 1. The molecule has 1 aromatic carbocycles. The molecule has 110 valence electrons. The predicted octanol–water partition coefficient (Wildman–Crippen LogP) is 2.98. The van der Waals surface area contributed by atoms with E-state index in [-0.39, 0.29) is 11.9 Å². The van der Waals surface area contributed by atoms with Gasteiger partial charge >= 0.3 is 0 Å². The molecule has 1 aliphatic rings. The Morgan fingerprint density at radius 2 is 2.00 bits per heavy atom. The lowest BCUT2D eigenvalue weighted by Gasteiger charge is -2.28. The molecule has 1 atom stereocenters. The second kappa shape index (κ2) is 6.64. The van der Waals surface area contributed by atoms with E-state index in [0.717, 1.165) is 0 Å². The number of nitrogens with one attached hydrogen (secondary N) is 1. The van der Waals surface area contributed by atoms with Crippen LogP contribution in [0.25, 0.3) is 0 Å². The molecule has 0 aromatic heterocycles. The Hall–Kier alpha value is -1.71. The van der Waals surface area contributed by atoms with Crippen LogP contribution in [-0.4, -0.2) is 19.1 Å². The molecule has 0 saturated heterocycles. The molecule has 0 spiro atoms. The van der Waals surface area contributed by atoms with Crippen LogP contribution in [0.2, 0.25) is 0 Å². The van der Waals surface area contributed by atoms with E-state index in [1.54, 1.807) is 25.3 Å². The van der Waals surface area contributed by atoms with Crippen LogP contribution in [0, 0.1) is 5.92 Å². The summed E-state index contributed by atoms with van der Waals surface area (Å²) in [6, 6.07) is 5.32. The van der Waals surface area contributed by atoms with Gasteiger partial charge in [-0.1, -0.05) is 19.3 Å². The zero-order valence-corrected chi connectivity index (χ0v) is 12.3. The van der Waals surface area contributed by atoms with Crippen LogP contribution in [0.1, 0.15) is 49.4 Å². The van der Waals surface area contributed by atoms with E-state index in [1.165, 1.54) is 32.1 Å². The largest absolute Gasteiger partial charge is 0.497 e. The summed E-state index contributed by atoms with van der Waals surface area (Å²) in [7, 11) is 1.57. The minimum Gasteiger partial charge on any atom is -0.497 e. The van der Waals surface area contributed by atoms with Gasteiger partial charge in [0.15, 0.2) is 0 Å². The molecule has 1 unspecified atom stereocenters. The molecule has 1 fully saturated rings. The highest BCUT2D eigenvalue weighted by molar-refractivity contribution is 5.95. The van der Waals surface area contributed by atoms with E-state index >= 15 is 0 Å². The van der Waals surface area contributed by atoms with Gasteiger partial charge in [0.1, 0.15) is 5.75 Å². The number of methoxy groups -OCH3 is 1. The number of carbonyl (C=O) groups excluding carboxylic acids is 1. The maximum Gasteiger partial charge on any atom is 0.251 e. The van der Waals surface area contributed by atoms with Crippen LogP contribution in [0.5, 0.6) is 5.75 Å². The Morgan fingerprint density at radius 3 is 2.65 bits per heavy atom. The normalized spacial score (nSPS) is 17.5. The van der Waals surface area contributed by atoms with Crippen molar-refractivity contribution < 1.29 is 9.53 Å². The molecule has 4 heteroatoms. The predicted molar refractivity (Wildman–Crippen MR) is 80.9 cm³/mol. The van der Waals surface area contributed by atoms with Crippen molar-refractivity contribution in [1.82, 2.24) is 5.32 Å². The third-order valence-corrected chi connectivity index (χ3v) is 4.14. The van der Waals surface area contributed by atoms with Crippen LogP contribution >= 0.6 is 0 Å². The van der Waals surface area contributed by atoms with Crippen molar-refractivity contribution in [3.8, 4) is 5.75 Å². The molecule has 1 aliphatic carbocycles. The first-order chi connectivity index (χ1) is 9.60. The first-order valence-corrected chi connectivity index (χ1v) is 7.35. The van der Waals surface area contributed by atoms with Crippen molar-refractivity contribution in [1.29, 1.82) is 0 Å². The average Bonchev–Trinajstić information content (AvgIpc) is 2.47. The molecule has 0 radical (unpaired) electrons. The Morgan fingerprint density at radius 1 is 1.30 bits per heavy atom. The number of amides is 1. The number of carbonyl (C=O) groups is 1. The molecule has 0 heterocycles. The summed E-state index contributed by atoms with van der Waals surface area (Å²) in [6.07, 6.45) is 6.29. The van der Waals surface area contributed by atoms with E-state index in [9.17, 15) is 4.79 Å². The molecular formula is C16H24N2O2. The summed E-state index contributed by atoms with van der Waals surface area (Å²) in [5.41, 5.74) is 6.89. The minimum atomic E-state index is -0.0753. The van der Waals surface area contributed by atoms with Gasteiger partial charge in [-0.3, -0.25) is 4.79 Å². The number of hydrogen-bond donors (Lipinski definition) is 2. The van der Waals surface area contributed by atoms with Gasteiger partial charge in [0.2, 0.25) is 0 Å². The van der Waals surface area contributed by atoms with Gasteiger partial charge in [-0.05, 0) is 37.8 Å². The smallest absolute Gasteiger partial charge is 0.251 e. The van der Waals surface area contributed by atoms with Crippen molar-refractivity contribution >= 4 is 11.6 Å². The zero-order chi connectivity index (χ0) is 14.5. The maximum atomic E-state index is 12.3. The van der Waals surface area contributed by atoms with Crippen molar-refractivity contribution in [3.63, 3.8) is 0 Å². The van der Waals surface area contributed by atoms with Gasteiger partial charge in [0.25, 0.3) is 5.91 Å². The van der Waals surface area contributed by atoms with Gasteiger partial charge in [-0.25, -0.2) is 0 Å². The highest BCUT2D eigenvalue weighted by atomic mass is 16.5. The lowest BCUT2D eigenvalue weighted by Crippen LogP contribution is -2.38. The maximum absolute atomic E-state index is 12.3. The third kappa shape index (κ3) is 3.65. The average molecular weight is 276 g/mol. The number of anilines is 1. The van der Waals surface area contributed by atoms with Crippen LogP contribution in [0.4, 0.5) is 5.69 Å². The van der Waals surface area contributed by atoms with Gasteiger partial charge < -0.3 is 15.8 Å². The first kappa shape index (κ1) is 14.7. The summed E-state index contributed by atoms with van der Waals surface area (Å²) in [6.45, 7) is 2.09. The van der Waals surface area contributed by atoms with E-state index < -0.39 is 0 Å². The Kier molecular flexibility index (Phi) is 4.88. The quantitative estimate of drug-likeness (QED) is 0.831. The topological polar surface area (TPSA) is 64.3 Å². The molecule has 2 rings (SSSR count). The Bertz CT molecular complexity index is 468. The fourth-order valence-corrected chi connectivity index (χ4v) is 2.91. The Balaban J connectivity index is 2.01. The van der Waals surface area contributed by atoms with Gasteiger partial charge in [-0.15, -0.1) is 0 Å². The fourth-order valence-electron chi connectivity index (χ4n) is 2.91. The summed E-state index contributed by atoms with van der Waals surface area (Å²) in [5.74, 6) is 1.13. The summed E-state index contributed by atoms with van der Waals surface area (Å²) < 4.78 is 5.15. The summed E-state index contributed by atoms with van der Waals surface area (Å²) in [5, 5.41) is 3.09. The highest BCUT2D eigenvalue weighted by Gasteiger charge is 2.22. The molecule has 0 bridgehead atoms. The summed E-state index contributed by atoms with van der Waals surface area (Å²) in [4.78, 5) is 12.3. The number of rotatable bonds is 4. The molecule has 1 amide bonds. The van der Waals surface area contributed by atoms with E-state index in [4.69, 9.17) is 10.5 Å². The van der Waals surface area contributed by atoms with Gasteiger partial charge in [0, 0.05) is 23.4 Å². The number of ether oxygens (including phenoxy) is 1. The highest BCUT2D eigenvalue weighted by Crippen LogP contribution is 2.26. The van der Waals surface area contributed by atoms with Crippen LogP contribution in [-0.2, 0) is 0 Å².